The van der Waals surface area contributed by atoms with Gasteiger partial charge in [0.2, 0.25) is 0 Å². The predicted molar refractivity (Wildman–Crippen MR) is 154 cm³/mol. The molecule has 4 heteroatoms. The van der Waals surface area contributed by atoms with Gasteiger partial charge in [-0.2, -0.15) is 0 Å². The van der Waals surface area contributed by atoms with E-state index in [1.807, 2.05) is 36.7 Å². The van der Waals surface area contributed by atoms with Crippen molar-refractivity contribution >= 4 is 6.21 Å². The number of benzene rings is 2. The van der Waals surface area contributed by atoms with E-state index in [0.29, 0.717) is 0 Å². The number of ether oxygens (including phenoxy) is 2. The third kappa shape index (κ3) is 10.6. The highest BCUT2D eigenvalue weighted by Crippen LogP contribution is 2.26. The zero-order valence-electron chi connectivity index (χ0n) is 22.8. The van der Waals surface area contributed by atoms with E-state index in [1.165, 1.54) is 16.7 Å². The molecule has 2 aromatic carbocycles. The minimum atomic E-state index is -0.358. The van der Waals surface area contributed by atoms with Crippen molar-refractivity contribution in [3.63, 3.8) is 0 Å². The van der Waals surface area contributed by atoms with Crippen LogP contribution in [0.15, 0.2) is 89.6 Å². The zero-order chi connectivity index (χ0) is 26.2. The minimum absolute atomic E-state index is 0.358. The van der Waals surface area contributed by atoms with Crippen molar-refractivity contribution in [3.05, 3.63) is 95.7 Å². The van der Waals surface area contributed by atoms with Gasteiger partial charge < -0.3 is 14.8 Å². The molecule has 0 saturated carbocycles. The Labute approximate surface area is 218 Å². The number of hydrogen-bond donors (Lipinski definition) is 1. The molecule has 0 aliphatic carbocycles. The van der Waals surface area contributed by atoms with E-state index in [1.54, 1.807) is 7.11 Å². The molecule has 0 saturated heterocycles. The molecule has 1 N–H and O–H groups in total. The highest BCUT2D eigenvalue weighted by atomic mass is 16.5. The lowest BCUT2D eigenvalue weighted by atomic mass is 9.95. The summed E-state index contributed by atoms with van der Waals surface area (Å²) in [5.74, 6) is 1.75. The third-order valence-electron chi connectivity index (χ3n) is 6.01. The van der Waals surface area contributed by atoms with Gasteiger partial charge >= 0.3 is 0 Å². The Morgan fingerprint density at radius 3 is 2.22 bits per heavy atom. The first-order valence-corrected chi connectivity index (χ1v) is 13.1. The van der Waals surface area contributed by atoms with E-state index in [2.05, 4.69) is 81.0 Å². The topological polar surface area (TPSA) is 42.8 Å². The van der Waals surface area contributed by atoms with Crippen molar-refractivity contribution in [1.82, 2.24) is 5.32 Å². The van der Waals surface area contributed by atoms with Crippen LogP contribution in [0, 0.1) is 0 Å². The van der Waals surface area contributed by atoms with E-state index < -0.39 is 0 Å². The lowest BCUT2D eigenvalue weighted by molar-refractivity contribution is 0.145. The van der Waals surface area contributed by atoms with Crippen LogP contribution in [-0.2, 0) is 13.0 Å². The van der Waals surface area contributed by atoms with Gasteiger partial charge in [-0.1, -0.05) is 63.6 Å². The summed E-state index contributed by atoms with van der Waals surface area (Å²) in [5, 5.41) is 3.33. The number of nitrogens with one attached hydrogen (secondary N) is 1. The Kier molecular flexibility index (Phi) is 12.6. The molecule has 0 fully saturated rings. The zero-order valence-corrected chi connectivity index (χ0v) is 22.8. The summed E-state index contributed by atoms with van der Waals surface area (Å²) in [6.07, 6.45) is 13.2. The Hall–Kier alpha value is -3.27. The van der Waals surface area contributed by atoms with Crippen LogP contribution in [0.5, 0.6) is 11.5 Å². The van der Waals surface area contributed by atoms with Crippen LogP contribution in [-0.4, -0.2) is 25.5 Å². The predicted octanol–water partition coefficient (Wildman–Crippen LogP) is 7.85. The molecule has 36 heavy (non-hydrogen) atoms. The molecule has 4 nitrogen and oxygen atoms in total. The highest BCUT2D eigenvalue weighted by Gasteiger charge is 2.23. The number of methoxy groups -OCH3 is 1. The summed E-state index contributed by atoms with van der Waals surface area (Å²) < 4.78 is 11.4. The maximum atomic E-state index is 6.19. The molecule has 0 aromatic heterocycles. The Morgan fingerprint density at radius 2 is 1.58 bits per heavy atom. The molecule has 0 aliphatic rings. The maximum Gasteiger partial charge on any atom is 0.124 e. The summed E-state index contributed by atoms with van der Waals surface area (Å²) in [6.45, 7) is 14.3. The minimum Gasteiger partial charge on any atom is -0.497 e. The monoisotopic (exact) mass is 488 g/mol. The molecule has 194 valence electrons. The molecule has 2 aromatic rings. The van der Waals surface area contributed by atoms with E-state index in [-0.39, 0.29) is 5.60 Å². The van der Waals surface area contributed by atoms with Crippen LogP contribution in [0.4, 0.5) is 0 Å². The number of allylic oxidation sites excluding steroid dienone is 3. The van der Waals surface area contributed by atoms with Gasteiger partial charge in [0.1, 0.15) is 17.1 Å². The van der Waals surface area contributed by atoms with Gasteiger partial charge in [0, 0.05) is 19.3 Å². The van der Waals surface area contributed by atoms with Gasteiger partial charge in [-0.3, -0.25) is 4.99 Å². The average molecular weight is 489 g/mol. The second-order valence-corrected chi connectivity index (χ2v) is 9.47. The summed E-state index contributed by atoms with van der Waals surface area (Å²) in [7, 11) is 1.68. The molecule has 0 atom stereocenters. The SMILES string of the molecule is C=C(CCC)C(C)(C)Oc1ccc(CCN=C/C(=C\C=C\NCc2ccc(OC)cc2)CCC)cc1. The Bertz CT molecular complexity index is 999. The first kappa shape index (κ1) is 29.0. The molecule has 0 spiro atoms. The van der Waals surface area contributed by atoms with Gasteiger partial charge in [-0.25, -0.2) is 0 Å². The molecule has 0 amide bonds. The lowest BCUT2D eigenvalue weighted by Gasteiger charge is -2.29. The fourth-order valence-corrected chi connectivity index (χ4v) is 3.71. The van der Waals surface area contributed by atoms with Crippen molar-refractivity contribution < 1.29 is 9.47 Å². The Balaban J connectivity index is 1.80. The molecule has 0 aliphatic heterocycles. The van der Waals surface area contributed by atoms with Crippen LogP contribution in [0.25, 0.3) is 0 Å². The fourth-order valence-electron chi connectivity index (χ4n) is 3.71. The molecule has 0 bridgehead atoms. The van der Waals surface area contributed by atoms with Gasteiger partial charge in [0.05, 0.1) is 7.11 Å². The normalized spacial score (nSPS) is 12.3. The van der Waals surface area contributed by atoms with Crippen LogP contribution >= 0.6 is 0 Å². The molecular formula is C32H44N2O2. The summed E-state index contributed by atoms with van der Waals surface area (Å²) in [4.78, 5) is 4.67. The van der Waals surface area contributed by atoms with Crippen molar-refractivity contribution in [2.75, 3.05) is 13.7 Å². The van der Waals surface area contributed by atoms with E-state index in [9.17, 15) is 0 Å². The molecule has 0 heterocycles. The first-order valence-electron chi connectivity index (χ1n) is 13.1. The van der Waals surface area contributed by atoms with Crippen molar-refractivity contribution in [2.24, 2.45) is 4.99 Å². The summed E-state index contributed by atoms with van der Waals surface area (Å²) in [5.41, 5.74) is 4.47. The van der Waals surface area contributed by atoms with Crippen molar-refractivity contribution in [1.29, 1.82) is 0 Å². The second kappa shape index (κ2) is 15.7. The van der Waals surface area contributed by atoms with Gasteiger partial charge in [-0.05, 0) is 91.9 Å². The molecule has 2 rings (SSSR count). The summed E-state index contributed by atoms with van der Waals surface area (Å²) >= 11 is 0. The van der Waals surface area contributed by atoms with Crippen LogP contribution < -0.4 is 14.8 Å². The molecule has 0 unspecified atom stereocenters. The number of hydrogen-bond acceptors (Lipinski definition) is 4. The van der Waals surface area contributed by atoms with Gasteiger partial charge in [0.15, 0.2) is 0 Å². The third-order valence-corrected chi connectivity index (χ3v) is 6.01. The van der Waals surface area contributed by atoms with Crippen LogP contribution in [0.2, 0.25) is 0 Å². The van der Waals surface area contributed by atoms with Crippen LogP contribution in [0.3, 0.4) is 0 Å². The van der Waals surface area contributed by atoms with Crippen LogP contribution in [0.1, 0.15) is 64.5 Å². The highest BCUT2D eigenvalue weighted by molar-refractivity contribution is 5.78. The second-order valence-electron chi connectivity index (χ2n) is 9.47. The van der Waals surface area contributed by atoms with E-state index >= 15 is 0 Å². The van der Waals surface area contributed by atoms with Crippen molar-refractivity contribution in [3.8, 4) is 11.5 Å². The largest absolute Gasteiger partial charge is 0.497 e. The number of nitrogens with zero attached hydrogens (tertiary/aromatic N) is 1. The van der Waals surface area contributed by atoms with Gasteiger partial charge in [-0.15, -0.1) is 0 Å². The van der Waals surface area contributed by atoms with Crippen molar-refractivity contribution in [2.45, 2.75) is 71.9 Å². The average Bonchev–Trinajstić information content (AvgIpc) is 2.87. The quantitative estimate of drug-likeness (QED) is 0.149. The molecule has 0 radical (unpaired) electrons. The standard InChI is InChI=1S/C32H44N2O2/c1-7-10-26(3)32(4,5)36-31-19-13-27(14-20-31)21-23-34-24-28(11-8-2)12-9-22-33-25-29-15-17-30(35-6)18-16-29/h9,12-20,22,24,33H,3,7-8,10-11,21,23,25H2,1-2,4-6H3/b22-9+,28-12-,34-24?. The smallest absolute Gasteiger partial charge is 0.124 e. The van der Waals surface area contributed by atoms with E-state index in [4.69, 9.17) is 9.47 Å². The molecular weight excluding hydrogens is 444 g/mol. The number of aliphatic imine (C=N–C) groups is 1. The first-order chi connectivity index (χ1) is 17.4. The van der Waals surface area contributed by atoms with Gasteiger partial charge in [0.25, 0.3) is 0 Å². The summed E-state index contributed by atoms with van der Waals surface area (Å²) in [6, 6.07) is 16.4. The lowest BCUT2D eigenvalue weighted by Crippen LogP contribution is -2.30. The maximum absolute atomic E-state index is 6.19. The number of rotatable bonds is 16. The fraction of sp³-hybridized carbons (Fsp3) is 0.406. The Morgan fingerprint density at radius 1 is 0.944 bits per heavy atom. The van der Waals surface area contributed by atoms with E-state index in [0.717, 1.165) is 62.3 Å².